The van der Waals surface area contributed by atoms with E-state index in [1.54, 1.807) is 24.3 Å². The molecule has 1 aromatic carbocycles. The van der Waals surface area contributed by atoms with Crippen LogP contribution < -0.4 is 4.74 Å². The van der Waals surface area contributed by atoms with Crippen LogP contribution in [0.15, 0.2) is 46.9 Å². The van der Waals surface area contributed by atoms with E-state index in [9.17, 15) is 4.79 Å². The van der Waals surface area contributed by atoms with E-state index in [0.717, 1.165) is 11.3 Å². The van der Waals surface area contributed by atoms with Crippen LogP contribution in [-0.2, 0) is 4.79 Å². The molecule has 0 bridgehead atoms. The van der Waals surface area contributed by atoms with Gasteiger partial charge in [-0.05, 0) is 44.2 Å². The molecule has 0 radical (unpaired) electrons. The number of hydrogen-bond donors (Lipinski definition) is 0. The highest BCUT2D eigenvalue weighted by Crippen LogP contribution is 2.12. The van der Waals surface area contributed by atoms with Crippen LogP contribution in [0.5, 0.6) is 5.75 Å². The van der Waals surface area contributed by atoms with Crippen molar-refractivity contribution >= 4 is 12.0 Å². The summed E-state index contributed by atoms with van der Waals surface area (Å²) < 4.78 is 10.4. The molecule has 1 aromatic heterocycles. The maximum atomic E-state index is 11.5. The first-order valence-electron chi connectivity index (χ1n) is 5.66. The topological polar surface area (TPSA) is 39.4 Å². The maximum absolute atomic E-state index is 11.5. The quantitative estimate of drug-likeness (QED) is 0.469. The second-order valence-corrected chi connectivity index (χ2v) is 4.02. The van der Waals surface area contributed by atoms with E-state index in [-0.39, 0.29) is 0 Å². The molecular formula is C15H14O3. The number of hydrogen-bond acceptors (Lipinski definition) is 3. The van der Waals surface area contributed by atoms with E-state index in [0.29, 0.717) is 11.5 Å². The fraction of sp³-hybridized carbons (Fsp3) is 0.133. The normalized spacial score (nSPS) is 10.8. The van der Waals surface area contributed by atoms with E-state index < -0.39 is 5.97 Å². The second kappa shape index (κ2) is 5.36. The number of esters is 1. The molecule has 0 amide bonds. The lowest BCUT2D eigenvalue weighted by molar-refractivity contribution is -0.128. The van der Waals surface area contributed by atoms with Gasteiger partial charge in [0.05, 0.1) is 0 Å². The van der Waals surface area contributed by atoms with E-state index in [1.165, 1.54) is 6.08 Å². The van der Waals surface area contributed by atoms with Crippen LogP contribution in [0.2, 0.25) is 0 Å². The Morgan fingerprint density at radius 1 is 1.11 bits per heavy atom. The average molecular weight is 242 g/mol. The fourth-order valence-electron chi connectivity index (χ4n) is 1.45. The number of ether oxygens (including phenoxy) is 1. The highest BCUT2D eigenvalue weighted by molar-refractivity contribution is 5.88. The van der Waals surface area contributed by atoms with Crippen LogP contribution in [0, 0.1) is 13.8 Å². The van der Waals surface area contributed by atoms with Crippen molar-refractivity contribution in [2.75, 3.05) is 0 Å². The number of carbonyl (C=O) groups excluding carboxylic acids is 1. The Morgan fingerprint density at radius 2 is 1.83 bits per heavy atom. The van der Waals surface area contributed by atoms with E-state index in [2.05, 4.69) is 0 Å². The van der Waals surface area contributed by atoms with Crippen molar-refractivity contribution in [2.45, 2.75) is 13.8 Å². The summed E-state index contributed by atoms with van der Waals surface area (Å²) >= 11 is 0. The van der Waals surface area contributed by atoms with E-state index in [4.69, 9.17) is 9.15 Å². The molecule has 3 nitrogen and oxygen atoms in total. The Kier molecular flexibility index (Phi) is 3.63. The lowest BCUT2D eigenvalue weighted by Gasteiger charge is -2.00. The van der Waals surface area contributed by atoms with Crippen LogP contribution in [0.1, 0.15) is 17.1 Å². The first-order valence-corrected chi connectivity index (χ1v) is 5.66. The number of rotatable bonds is 3. The summed E-state index contributed by atoms with van der Waals surface area (Å²) in [5, 5.41) is 0. The molecule has 0 unspecified atom stereocenters. The van der Waals surface area contributed by atoms with Gasteiger partial charge in [0.2, 0.25) is 0 Å². The molecule has 0 fully saturated rings. The molecule has 0 saturated heterocycles. The minimum atomic E-state index is -0.423. The minimum Gasteiger partial charge on any atom is -0.462 e. The van der Waals surface area contributed by atoms with Crippen molar-refractivity contribution in [3.8, 4) is 5.75 Å². The zero-order chi connectivity index (χ0) is 13.0. The number of aryl methyl sites for hydroxylation is 2. The van der Waals surface area contributed by atoms with Gasteiger partial charge in [-0.25, -0.2) is 4.79 Å². The summed E-state index contributed by atoms with van der Waals surface area (Å²) in [5.41, 5.74) is 1.12. The molecule has 0 saturated carbocycles. The van der Waals surface area contributed by atoms with Gasteiger partial charge in [-0.3, -0.25) is 0 Å². The minimum absolute atomic E-state index is 0.423. The SMILES string of the molecule is Cc1ccc(OC(=O)/C=C/c2ccc(C)o2)cc1. The van der Waals surface area contributed by atoms with Crippen LogP contribution in [0.3, 0.4) is 0 Å². The van der Waals surface area contributed by atoms with Gasteiger partial charge in [-0.15, -0.1) is 0 Å². The highest BCUT2D eigenvalue weighted by Gasteiger charge is 2.00. The highest BCUT2D eigenvalue weighted by atomic mass is 16.5. The van der Waals surface area contributed by atoms with Crippen molar-refractivity contribution in [3.63, 3.8) is 0 Å². The largest absolute Gasteiger partial charge is 0.462 e. The van der Waals surface area contributed by atoms with Crippen LogP contribution in [0.25, 0.3) is 6.08 Å². The predicted molar refractivity (Wildman–Crippen MR) is 69.3 cm³/mol. The molecule has 0 spiro atoms. The van der Waals surface area contributed by atoms with Gasteiger partial charge < -0.3 is 9.15 Å². The standard InChI is InChI=1S/C15H14O3/c1-11-3-6-14(7-4-11)18-15(16)10-9-13-8-5-12(2)17-13/h3-10H,1-2H3/b10-9+. The van der Waals surface area contributed by atoms with E-state index >= 15 is 0 Å². The molecule has 0 aliphatic rings. The van der Waals surface area contributed by atoms with Gasteiger partial charge in [0.15, 0.2) is 0 Å². The Balaban J connectivity index is 1.96. The number of benzene rings is 1. The summed E-state index contributed by atoms with van der Waals surface area (Å²) in [7, 11) is 0. The molecule has 0 aliphatic heterocycles. The lowest BCUT2D eigenvalue weighted by Crippen LogP contribution is -2.03. The summed E-state index contributed by atoms with van der Waals surface area (Å²) in [6.45, 7) is 3.83. The maximum Gasteiger partial charge on any atom is 0.336 e. The predicted octanol–water partition coefficient (Wildman–Crippen LogP) is 3.52. The first kappa shape index (κ1) is 12.2. The fourth-order valence-corrected chi connectivity index (χ4v) is 1.45. The first-order chi connectivity index (χ1) is 8.63. The van der Waals surface area contributed by atoms with Crippen molar-refractivity contribution in [3.05, 3.63) is 59.6 Å². The van der Waals surface area contributed by atoms with Gasteiger partial charge in [-0.1, -0.05) is 17.7 Å². The van der Waals surface area contributed by atoms with Gasteiger partial charge in [-0.2, -0.15) is 0 Å². The molecule has 2 aromatic rings. The number of carbonyl (C=O) groups is 1. The molecule has 2 rings (SSSR count). The molecule has 92 valence electrons. The Morgan fingerprint density at radius 3 is 2.44 bits per heavy atom. The zero-order valence-electron chi connectivity index (χ0n) is 10.3. The van der Waals surface area contributed by atoms with E-state index in [1.807, 2.05) is 32.0 Å². The van der Waals surface area contributed by atoms with Crippen LogP contribution >= 0.6 is 0 Å². The third-order valence-corrected chi connectivity index (χ3v) is 2.38. The molecule has 0 aliphatic carbocycles. The molecule has 18 heavy (non-hydrogen) atoms. The monoisotopic (exact) mass is 242 g/mol. The summed E-state index contributed by atoms with van der Waals surface area (Å²) in [6.07, 6.45) is 2.93. The third-order valence-electron chi connectivity index (χ3n) is 2.38. The smallest absolute Gasteiger partial charge is 0.336 e. The van der Waals surface area contributed by atoms with Crippen molar-refractivity contribution in [1.29, 1.82) is 0 Å². The summed E-state index contributed by atoms with van der Waals surface area (Å²) in [6, 6.07) is 10.9. The Hall–Kier alpha value is -2.29. The van der Waals surface area contributed by atoms with Crippen molar-refractivity contribution in [2.24, 2.45) is 0 Å². The average Bonchev–Trinajstić information content (AvgIpc) is 2.76. The molecule has 0 atom stereocenters. The Bertz CT molecular complexity index is 562. The Labute approximate surface area is 106 Å². The van der Waals surface area contributed by atoms with Crippen molar-refractivity contribution in [1.82, 2.24) is 0 Å². The molecule has 1 heterocycles. The molecule has 3 heteroatoms. The summed E-state index contributed by atoms with van der Waals surface area (Å²) in [5.74, 6) is 1.55. The van der Waals surface area contributed by atoms with Crippen molar-refractivity contribution < 1.29 is 13.9 Å². The zero-order valence-corrected chi connectivity index (χ0v) is 10.3. The molecular weight excluding hydrogens is 228 g/mol. The van der Waals surface area contributed by atoms with Gasteiger partial charge in [0, 0.05) is 6.08 Å². The summed E-state index contributed by atoms with van der Waals surface area (Å²) in [4.78, 5) is 11.5. The van der Waals surface area contributed by atoms with Crippen LogP contribution in [0.4, 0.5) is 0 Å². The van der Waals surface area contributed by atoms with Gasteiger partial charge >= 0.3 is 5.97 Å². The lowest BCUT2D eigenvalue weighted by atomic mass is 10.2. The van der Waals surface area contributed by atoms with Gasteiger partial charge in [0.1, 0.15) is 17.3 Å². The molecule has 0 N–H and O–H groups in total. The van der Waals surface area contributed by atoms with Crippen LogP contribution in [-0.4, -0.2) is 5.97 Å². The number of furan rings is 1. The van der Waals surface area contributed by atoms with Gasteiger partial charge in [0.25, 0.3) is 0 Å². The third kappa shape index (κ3) is 3.35. The second-order valence-electron chi connectivity index (χ2n) is 4.02.